The molecule has 0 radical (unpaired) electrons. The molecule has 1 fully saturated rings. The summed E-state index contributed by atoms with van der Waals surface area (Å²) in [7, 11) is 1.48. The standard InChI is InChI=1S/C12H22O2/c1-11(2)7-6-9(10(13)14-5)12(3,4)8-11/h9H,6-8H2,1-5H3. The van der Waals surface area contributed by atoms with Gasteiger partial charge < -0.3 is 4.74 Å². The molecule has 0 aromatic carbocycles. The van der Waals surface area contributed by atoms with Crippen molar-refractivity contribution in [2.75, 3.05) is 7.11 Å². The van der Waals surface area contributed by atoms with Crippen molar-refractivity contribution in [3.8, 4) is 0 Å². The summed E-state index contributed by atoms with van der Waals surface area (Å²) in [4.78, 5) is 11.6. The predicted octanol–water partition coefficient (Wildman–Crippen LogP) is 3.01. The van der Waals surface area contributed by atoms with Crippen LogP contribution in [0.3, 0.4) is 0 Å². The van der Waals surface area contributed by atoms with Crippen LogP contribution in [0.15, 0.2) is 0 Å². The zero-order chi connectivity index (χ0) is 11.0. The highest BCUT2D eigenvalue weighted by molar-refractivity contribution is 5.73. The highest BCUT2D eigenvalue weighted by Gasteiger charge is 2.44. The van der Waals surface area contributed by atoms with E-state index in [0.29, 0.717) is 5.41 Å². The van der Waals surface area contributed by atoms with Gasteiger partial charge in [0.05, 0.1) is 13.0 Å². The Morgan fingerprint density at radius 3 is 2.29 bits per heavy atom. The lowest BCUT2D eigenvalue weighted by Crippen LogP contribution is -2.40. The van der Waals surface area contributed by atoms with E-state index in [-0.39, 0.29) is 17.3 Å². The van der Waals surface area contributed by atoms with Gasteiger partial charge in [-0.25, -0.2) is 0 Å². The Morgan fingerprint density at radius 2 is 1.86 bits per heavy atom. The third-order valence-corrected chi connectivity index (χ3v) is 3.47. The molecule has 1 atom stereocenters. The SMILES string of the molecule is COC(=O)C1CCC(C)(C)CC1(C)C. The predicted molar refractivity (Wildman–Crippen MR) is 56.9 cm³/mol. The van der Waals surface area contributed by atoms with E-state index >= 15 is 0 Å². The van der Waals surface area contributed by atoms with Gasteiger partial charge in [-0.1, -0.05) is 27.7 Å². The summed E-state index contributed by atoms with van der Waals surface area (Å²) in [6.45, 7) is 8.91. The molecule has 0 aliphatic heterocycles. The average molecular weight is 198 g/mol. The molecule has 0 spiro atoms. The van der Waals surface area contributed by atoms with Crippen LogP contribution in [0.1, 0.15) is 47.0 Å². The highest BCUT2D eigenvalue weighted by Crippen LogP contribution is 2.49. The number of esters is 1. The number of rotatable bonds is 1. The third kappa shape index (κ3) is 2.28. The van der Waals surface area contributed by atoms with Gasteiger partial charge in [-0.3, -0.25) is 4.79 Å². The summed E-state index contributed by atoms with van der Waals surface area (Å²) in [5.74, 6) is 0.0472. The van der Waals surface area contributed by atoms with Gasteiger partial charge in [-0.15, -0.1) is 0 Å². The number of hydrogen-bond donors (Lipinski definition) is 0. The first-order valence-corrected chi connectivity index (χ1v) is 5.36. The third-order valence-electron chi connectivity index (χ3n) is 3.47. The quantitative estimate of drug-likeness (QED) is 0.605. The molecule has 82 valence electrons. The van der Waals surface area contributed by atoms with Crippen LogP contribution < -0.4 is 0 Å². The fraction of sp³-hybridized carbons (Fsp3) is 0.917. The van der Waals surface area contributed by atoms with E-state index in [1.165, 1.54) is 7.11 Å². The Labute approximate surface area is 87.0 Å². The zero-order valence-electron chi connectivity index (χ0n) is 10.0. The van der Waals surface area contributed by atoms with Crippen LogP contribution in [0.2, 0.25) is 0 Å². The van der Waals surface area contributed by atoms with Gasteiger partial charge >= 0.3 is 5.97 Å². The fourth-order valence-corrected chi connectivity index (χ4v) is 2.95. The normalized spacial score (nSPS) is 29.6. The Hall–Kier alpha value is -0.530. The molecule has 1 aliphatic carbocycles. The zero-order valence-corrected chi connectivity index (χ0v) is 10.0. The Kier molecular flexibility index (Phi) is 2.93. The minimum absolute atomic E-state index is 0.0366. The van der Waals surface area contributed by atoms with E-state index in [9.17, 15) is 4.79 Å². The maximum absolute atomic E-state index is 11.6. The van der Waals surface area contributed by atoms with E-state index in [1.54, 1.807) is 0 Å². The number of carbonyl (C=O) groups is 1. The fourth-order valence-electron chi connectivity index (χ4n) is 2.95. The van der Waals surface area contributed by atoms with Crippen molar-refractivity contribution < 1.29 is 9.53 Å². The van der Waals surface area contributed by atoms with Crippen LogP contribution in [-0.2, 0) is 9.53 Å². The minimum atomic E-state index is -0.0366. The molecule has 1 aliphatic rings. The second kappa shape index (κ2) is 3.56. The van der Waals surface area contributed by atoms with Crippen molar-refractivity contribution in [3.63, 3.8) is 0 Å². The summed E-state index contributed by atoms with van der Waals surface area (Å²) in [6, 6.07) is 0. The molecule has 0 amide bonds. The first-order valence-electron chi connectivity index (χ1n) is 5.36. The van der Waals surface area contributed by atoms with Crippen molar-refractivity contribution in [2.24, 2.45) is 16.7 Å². The molecule has 14 heavy (non-hydrogen) atoms. The van der Waals surface area contributed by atoms with Crippen LogP contribution in [0.25, 0.3) is 0 Å². The molecule has 0 heterocycles. The molecule has 1 rings (SSSR count). The second-order valence-corrected chi connectivity index (χ2v) is 5.94. The summed E-state index contributed by atoms with van der Waals surface area (Å²) < 4.78 is 4.85. The molecule has 0 N–H and O–H groups in total. The van der Waals surface area contributed by atoms with Crippen molar-refractivity contribution in [1.29, 1.82) is 0 Å². The van der Waals surface area contributed by atoms with Crippen molar-refractivity contribution in [2.45, 2.75) is 47.0 Å². The van der Waals surface area contributed by atoms with Crippen molar-refractivity contribution in [3.05, 3.63) is 0 Å². The second-order valence-electron chi connectivity index (χ2n) is 5.94. The first-order chi connectivity index (χ1) is 6.28. The molecular weight excluding hydrogens is 176 g/mol. The Bertz CT molecular complexity index is 228. The average Bonchev–Trinajstić information content (AvgIpc) is 1.99. The minimum Gasteiger partial charge on any atom is -0.469 e. The largest absolute Gasteiger partial charge is 0.469 e. The summed E-state index contributed by atoms with van der Waals surface area (Å²) in [5, 5.41) is 0. The molecule has 0 aromatic heterocycles. The monoisotopic (exact) mass is 198 g/mol. The van der Waals surface area contributed by atoms with Crippen LogP contribution in [0.4, 0.5) is 0 Å². The molecule has 0 aromatic rings. The molecule has 0 bridgehead atoms. The summed E-state index contributed by atoms with van der Waals surface area (Å²) in [5.41, 5.74) is 0.447. The van der Waals surface area contributed by atoms with Gasteiger partial charge in [0.1, 0.15) is 0 Å². The van der Waals surface area contributed by atoms with E-state index < -0.39 is 0 Å². The van der Waals surface area contributed by atoms with Crippen LogP contribution in [-0.4, -0.2) is 13.1 Å². The first kappa shape index (κ1) is 11.5. The van der Waals surface area contributed by atoms with E-state index in [4.69, 9.17) is 4.74 Å². The topological polar surface area (TPSA) is 26.3 Å². The van der Waals surface area contributed by atoms with Gasteiger partial charge in [-0.2, -0.15) is 0 Å². The highest BCUT2D eigenvalue weighted by atomic mass is 16.5. The molecule has 1 unspecified atom stereocenters. The van der Waals surface area contributed by atoms with E-state index in [0.717, 1.165) is 19.3 Å². The van der Waals surface area contributed by atoms with Crippen LogP contribution in [0, 0.1) is 16.7 Å². The van der Waals surface area contributed by atoms with E-state index in [2.05, 4.69) is 27.7 Å². The van der Waals surface area contributed by atoms with Crippen LogP contribution in [0.5, 0.6) is 0 Å². The van der Waals surface area contributed by atoms with Crippen molar-refractivity contribution in [1.82, 2.24) is 0 Å². The van der Waals surface area contributed by atoms with Gasteiger partial charge in [0.25, 0.3) is 0 Å². The number of hydrogen-bond acceptors (Lipinski definition) is 2. The van der Waals surface area contributed by atoms with Gasteiger partial charge in [0.2, 0.25) is 0 Å². The molecule has 0 saturated heterocycles. The molecule has 2 heteroatoms. The molecule has 2 nitrogen and oxygen atoms in total. The van der Waals surface area contributed by atoms with Crippen LogP contribution >= 0.6 is 0 Å². The molecular formula is C12H22O2. The maximum atomic E-state index is 11.6. The molecule has 1 saturated carbocycles. The van der Waals surface area contributed by atoms with Gasteiger partial charge in [0.15, 0.2) is 0 Å². The smallest absolute Gasteiger partial charge is 0.309 e. The lowest BCUT2D eigenvalue weighted by Gasteiger charge is -2.45. The summed E-state index contributed by atoms with van der Waals surface area (Å²) in [6.07, 6.45) is 3.18. The lowest BCUT2D eigenvalue weighted by atomic mass is 9.60. The van der Waals surface area contributed by atoms with Gasteiger partial charge in [0, 0.05) is 0 Å². The lowest BCUT2D eigenvalue weighted by molar-refractivity contribution is -0.153. The Balaban J connectivity index is 2.78. The Morgan fingerprint density at radius 1 is 1.29 bits per heavy atom. The van der Waals surface area contributed by atoms with E-state index in [1.807, 2.05) is 0 Å². The number of methoxy groups -OCH3 is 1. The summed E-state index contributed by atoms with van der Waals surface area (Å²) >= 11 is 0. The maximum Gasteiger partial charge on any atom is 0.309 e. The number of ether oxygens (including phenoxy) is 1. The van der Waals surface area contributed by atoms with Crippen molar-refractivity contribution >= 4 is 5.97 Å². The van der Waals surface area contributed by atoms with Gasteiger partial charge in [-0.05, 0) is 30.1 Å². The number of carbonyl (C=O) groups excluding carboxylic acids is 1.